The topological polar surface area (TPSA) is 92.7 Å². The highest BCUT2D eigenvalue weighted by molar-refractivity contribution is 6.33. The van der Waals surface area contributed by atoms with Gasteiger partial charge in [-0.3, -0.25) is 9.59 Å². The van der Waals surface area contributed by atoms with E-state index in [4.69, 9.17) is 11.6 Å². The van der Waals surface area contributed by atoms with Crippen LogP contribution in [0.25, 0.3) is 33.2 Å². The summed E-state index contributed by atoms with van der Waals surface area (Å²) < 4.78 is 1.17. The molecule has 0 atom stereocenters. The van der Waals surface area contributed by atoms with Crippen LogP contribution in [0, 0.1) is 0 Å². The van der Waals surface area contributed by atoms with E-state index < -0.39 is 5.91 Å². The number of nitrogens with one attached hydrogen (secondary N) is 2. The van der Waals surface area contributed by atoms with Crippen LogP contribution in [-0.4, -0.2) is 25.7 Å². The standard InChI is InChI=1S/C23H16ClN5O2/c1-29-23(31)15-7-3-2-6-14(15)20(28-29)22(30)25-13-10-11-18-19(12-13)27-21(26-18)16-8-4-5-9-17(16)24/h2-12H,1H3,(H,25,30)(H,26,27). The summed E-state index contributed by atoms with van der Waals surface area (Å²) in [5, 5.41) is 8.58. The molecule has 5 aromatic rings. The number of halogens is 1. The van der Waals surface area contributed by atoms with Crippen LogP contribution in [0.3, 0.4) is 0 Å². The van der Waals surface area contributed by atoms with Crippen molar-refractivity contribution in [3.63, 3.8) is 0 Å². The fraction of sp³-hybridized carbons (Fsp3) is 0.0435. The van der Waals surface area contributed by atoms with E-state index in [1.807, 2.05) is 24.3 Å². The van der Waals surface area contributed by atoms with Crippen molar-refractivity contribution in [3.05, 3.63) is 87.8 Å². The van der Waals surface area contributed by atoms with Gasteiger partial charge in [-0.2, -0.15) is 5.10 Å². The number of benzene rings is 3. The van der Waals surface area contributed by atoms with E-state index in [2.05, 4.69) is 20.4 Å². The number of H-pyrrole nitrogens is 1. The van der Waals surface area contributed by atoms with Crippen LogP contribution >= 0.6 is 11.6 Å². The van der Waals surface area contributed by atoms with Crippen LogP contribution in [0.5, 0.6) is 0 Å². The smallest absolute Gasteiger partial charge is 0.276 e. The van der Waals surface area contributed by atoms with Crippen molar-refractivity contribution < 1.29 is 4.79 Å². The maximum Gasteiger partial charge on any atom is 0.276 e. The molecule has 0 aliphatic rings. The Hall–Kier alpha value is -3.97. The maximum absolute atomic E-state index is 13.0. The zero-order valence-corrected chi connectivity index (χ0v) is 17.1. The molecule has 0 fully saturated rings. The van der Waals surface area contributed by atoms with E-state index in [-0.39, 0.29) is 11.3 Å². The number of carbonyl (C=O) groups is 1. The van der Waals surface area contributed by atoms with E-state index in [0.29, 0.717) is 27.3 Å². The average Bonchev–Trinajstić information content (AvgIpc) is 3.19. The molecule has 3 aromatic carbocycles. The van der Waals surface area contributed by atoms with Crippen LogP contribution in [0.1, 0.15) is 10.5 Å². The van der Waals surface area contributed by atoms with Crippen molar-refractivity contribution in [2.45, 2.75) is 0 Å². The number of nitrogens with zero attached hydrogens (tertiary/aromatic N) is 3. The molecule has 0 saturated heterocycles. The molecule has 2 N–H and O–H groups in total. The Kier molecular flexibility index (Phi) is 4.52. The molecule has 0 aliphatic carbocycles. The number of carbonyl (C=O) groups excluding carboxylic acids is 1. The Labute approximate surface area is 181 Å². The second-order valence-corrected chi connectivity index (χ2v) is 7.48. The van der Waals surface area contributed by atoms with Gasteiger partial charge in [0.25, 0.3) is 11.5 Å². The second kappa shape index (κ2) is 7.37. The summed E-state index contributed by atoms with van der Waals surface area (Å²) in [6.07, 6.45) is 0. The second-order valence-electron chi connectivity index (χ2n) is 7.07. The van der Waals surface area contributed by atoms with Gasteiger partial charge in [0.05, 0.1) is 21.4 Å². The van der Waals surface area contributed by atoms with Gasteiger partial charge in [0, 0.05) is 23.7 Å². The summed E-state index contributed by atoms with van der Waals surface area (Å²) in [4.78, 5) is 33.1. The molecule has 1 amide bonds. The lowest BCUT2D eigenvalue weighted by atomic mass is 10.1. The van der Waals surface area contributed by atoms with Crippen molar-refractivity contribution in [1.29, 1.82) is 0 Å². The van der Waals surface area contributed by atoms with Crippen LogP contribution < -0.4 is 10.9 Å². The zero-order chi connectivity index (χ0) is 21.5. The number of aromatic nitrogens is 4. The number of aryl methyl sites for hydroxylation is 1. The average molecular weight is 430 g/mol. The first-order chi connectivity index (χ1) is 15.0. The lowest BCUT2D eigenvalue weighted by Gasteiger charge is -2.09. The van der Waals surface area contributed by atoms with Gasteiger partial charge in [-0.15, -0.1) is 0 Å². The summed E-state index contributed by atoms with van der Waals surface area (Å²) in [6, 6.07) is 19.8. The van der Waals surface area contributed by atoms with Gasteiger partial charge < -0.3 is 10.3 Å². The minimum atomic E-state index is -0.406. The molecule has 0 spiro atoms. The minimum Gasteiger partial charge on any atom is -0.338 e. The van der Waals surface area contributed by atoms with Gasteiger partial charge in [0.2, 0.25) is 0 Å². The number of fused-ring (bicyclic) bond motifs is 2. The molecule has 2 heterocycles. The van der Waals surface area contributed by atoms with E-state index in [9.17, 15) is 9.59 Å². The first kappa shape index (κ1) is 19.0. The highest BCUT2D eigenvalue weighted by Crippen LogP contribution is 2.28. The Bertz CT molecular complexity index is 1540. The summed E-state index contributed by atoms with van der Waals surface area (Å²) in [5.74, 6) is 0.242. The molecule has 152 valence electrons. The van der Waals surface area contributed by atoms with Crippen molar-refractivity contribution in [1.82, 2.24) is 19.7 Å². The summed E-state index contributed by atoms with van der Waals surface area (Å²) in [7, 11) is 1.53. The molecule has 7 nitrogen and oxygen atoms in total. The lowest BCUT2D eigenvalue weighted by Crippen LogP contribution is -2.25. The molecule has 0 saturated carbocycles. The highest BCUT2D eigenvalue weighted by atomic mass is 35.5. The third kappa shape index (κ3) is 3.35. The van der Waals surface area contributed by atoms with Crippen LogP contribution in [0.4, 0.5) is 5.69 Å². The van der Waals surface area contributed by atoms with Crippen LogP contribution in [0.15, 0.2) is 71.5 Å². The monoisotopic (exact) mass is 429 g/mol. The van der Waals surface area contributed by atoms with Gasteiger partial charge in [-0.1, -0.05) is 41.9 Å². The van der Waals surface area contributed by atoms with Gasteiger partial charge in [-0.25, -0.2) is 9.67 Å². The Morgan fingerprint density at radius 1 is 1.03 bits per heavy atom. The van der Waals surface area contributed by atoms with E-state index in [1.165, 1.54) is 11.7 Å². The lowest BCUT2D eigenvalue weighted by molar-refractivity contribution is 0.102. The Balaban J connectivity index is 1.51. The van der Waals surface area contributed by atoms with Crippen molar-refractivity contribution in [2.75, 3.05) is 5.32 Å². The first-order valence-corrected chi connectivity index (χ1v) is 9.91. The third-order valence-electron chi connectivity index (χ3n) is 5.04. The van der Waals surface area contributed by atoms with E-state index >= 15 is 0 Å². The predicted molar refractivity (Wildman–Crippen MR) is 121 cm³/mol. The number of rotatable bonds is 3. The van der Waals surface area contributed by atoms with Gasteiger partial charge >= 0.3 is 0 Å². The van der Waals surface area contributed by atoms with E-state index in [0.717, 1.165) is 16.6 Å². The number of anilines is 1. The summed E-state index contributed by atoms with van der Waals surface area (Å²) in [6.45, 7) is 0. The number of amides is 1. The number of aromatic amines is 1. The molecular weight excluding hydrogens is 414 g/mol. The Morgan fingerprint density at radius 3 is 2.58 bits per heavy atom. The number of hydrogen-bond acceptors (Lipinski definition) is 4. The van der Waals surface area contributed by atoms with Crippen molar-refractivity contribution in [2.24, 2.45) is 7.05 Å². The maximum atomic E-state index is 13.0. The van der Waals surface area contributed by atoms with Crippen LogP contribution in [-0.2, 0) is 7.05 Å². The minimum absolute atomic E-state index is 0.180. The normalized spacial score (nSPS) is 11.2. The van der Waals surface area contributed by atoms with Gasteiger partial charge in [0.1, 0.15) is 5.82 Å². The third-order valence-corrected chi connectivity index (χ3v) is 5.37. The zero-order valence-electron chi connectivity index (χ0n) is 16.4. The molecule has 0 radical (unpaired) electrons. The first-order valence-electron chi connectivity index (χ1n) is 9.53. The highest BCUT2D eigenvalue weighted by Gasteiger charge is 2.16. The van der Waals surface area contributed by atoms with Crippen LogP contribution in [0.2, 0.25) is 5.02 Å². The fourth-order valence-electron chi connectivity index (χ4n) is 3.53. The molecule has 31 heavy (non-hydrogen) atoms. The van der Waals surface area contributed by atoms with Gasteiger partial charge in [0.15, 0.2) is 5.69 Å². The number of hydrogen-bond donors (Lipinski definition) is 2. The summed E-state index contributed by atoms with van der Waals surface area (Å²) >= 11 is 6.28. The predicted octanol–water partition coefficient (Wildman–Crippen LogP) is 4.38. The number of imidazole rings is 1. The molecule has 0 unspecified atom stereocenters. The molecule has 2 aromatic heterocycles. The summed E-state index contributed by atoms with van der Waals surface area (Å²) in [5.41, 5.74) is 2.81. The quantitative estimate of drug-likeness (QED) is 0.445. The van der Waals surface area contributed by atoms with E-state index in [1.54, 1.807) is 42.5 Å². The van der Waals surface area contributed by atoms with Gasteiger partial charge in [-0.05, 0) is 36.4 Å². The molecule has 0 bridgehead atoms. The fourth-order valence-corrected chi connectivity index (χ4v) is 3.75. The largest absolute Gasteiger partial charge is 0.338 e. The molecular formula is C23H16ClN5O2. The van der Waals surface area contributed by atoms with Crippen molar-refractivity contribution in [3.8, 4) is 11.4 Å². The molecule has 0 aliphatic heterocycles. The molecule has 5 rings (SSSR count). The Morgan fingerprint density at radius 2 is 1.77 bits per heavy atom. The van der Waals surface area contributed by atoms with Crippen molar-refractivity contribution >= 4 is 45.0 Å². The SMILES string of the molecule is Cn1nc(C(=O)Nc2ccc3nc(-c4ccccc4Cl)[nH]c3c2)c2ccccc2c1=O. The molecule has 8 heteroatoms.